The van der Waals surface area contributed by atoms with Gasteiger partial charge in [-0.25, -0.2) is 0 Å². The number of rotatable bonds is 5. The molecule has 0 amide bonds. The second-order valence-corrected chi connectivity index (χ2v) is 6.42. The molecule has 116 valence electrons. The van der Waals surface area contributed by atoms with E-state index in [0.717, 1.165) is 0 Å². The van der Waals surface area contributed by atoms with E-state index in [9.17, 15) is 4.79 Å². The van der Waals surface area contributed by atoms with E-state index in [4.69, 9.17) is 4.74 Å². The zero-order chi connectivity index (χ0) is 14.2. The average molecular weight is 281 g/mol. The average Bonchev–Trinajstić information content (AvgIpc) is 2.75. The Morgan fingerprint density at radius 2 is 1.65 bits per heavy atom. The van der Waals surface area contributed by atoms with Crippen molar-refractivity contribution >= 4 is 5.97 Å². The van der Waals surface area contributed by atoms with Crippen LogP contribution in [-0.4, -0.2) is 36.6 Å². The molecule has 20 heavy (non-hydrogen) atoms. The van der Waals surface area contributed by atoms with Crippen molar-refractivity contribution in [3.05, 3.63) is 0 Å². The van der Waals surface area contributed by atoms with Gasteiger partial charge in [0.2, 0.25) is 0 Å². The van der Waals surface area contributed by atoms with E-state index in [1.807, 2.05) is 6.92 Å². The van der Waals surface area contributed by atoms with Gasteiger partial charge in [-0.15, -0.1) is 0 Å². The molecule has 0 bridgehead atoms. The lowest BCUT2D eigenvalue weighted by Crippen LogP contribution is -2.45. The summed E-state index contributed by atoms with van der Waals surface area (Å²) in [4.78, 5) is 14.6. The summed E-state index contributed by atoms with van der Waals surface area (Å²) in [5, 5.41) is 0. The van der Waals surface area contributed by atoms with Gasteiger partial charge in [0.25, 0.3) is 0 Å². The summed E-state index contributed by atoms with van der Waals surface area (Å²) in [6.45, 7) is 4.77. The van der Waals surface area contributed by atoms with Crippen molar-refractivity contribution in [1.29, 1.82) is 0 Å². The molecule has 2 aliphatic rings. The monoisotopic (exact) mass is 281 g/mol. The number of hydrogen-bond donors (Lipinski definition) is 0. The fraction of sp³-hybridized carbons (Fsp3) is 0.941. The maximum absolute atomic E-state index is 12.0. The Bertz CT molecular complexity index is 279. The van der Waals surface area contributed by atoms with Crippen LogP contribution in [0.1, 0.15) is 71.1 Å². The van der Waals surface area contributed by atoms with Gasteiger partial charge in [0.15, 0.2) is 0 Å². The van der Waals surface area contributed by atoms with Crippen LogP contribution in [0.15, 0.2) is 0 Å². The summed E-state index contributed by atoms with van der Waals surface area (Å²) >= 11 is 0. The van der Waals surface area contributed by atoms with Crippen molar-refractivity contribution in [2.75, 3.05) is 19.7 Å². The van der Waals surface area contributed by atoms with Gasteiger partial charge in [0.1, 0.15) is 0 Å². The maximum atomic E-state index is 12.0. The smallest absolute Gasteiger partial charge is 0.307 e. The quantitative estimate of drug-likeness (QED) is 0.567. The third-order valence-electron chi connectivity index (χ3n) is 4.98. The summed E-state index contributed by atoms with van der Waals surface area (Å²) in [7, 11) is 0. The number of nitrogens with zero attached hydrogens (tertiary/aromatic N) is 1. The van der Waals surface area contributed by atoms with Crippen LogP contribution in [0.4, 0.5) is 0 Å². The lowest BCUT2D eigenvalue weighted by atomic mass is 9.87. The highest BCUT2D eigenvalue weighted by atomic mass is 16.5. The zero-order valence-corrected chi connectivity index (χ0v) is 13.1. The van der Waals surface area contributed by atoms with Crippen molar-refractivity contribution in [2.45, 2.75) is 77.2 Å². The number of ether oxygens (including phenoxy) is 1. The van der Waals surface area contributed by atoms with Gasteiger partial charge in [0.05, 0.1) is 13.0 Å². The van der Waals surface area contributed by atoms with E-state index in [0.29, 0.717) is 25.0 Å². The number of carbonyl (C=O) groups is 1. The molecule has 0 radical (unpaired) electrons. The van der Waals surface area contributed by atoms with E-state index >= 15 is 0 Å². The van der Waals surface area contributed by atoms with Gasteiger partial charge in [-0.1, -0.05) is 32.1 Å². The summed E-state index contributed by atoms with van der Waals surface area (Å²) in [5.41, 5.74) is 0. The molecule has 3 heteroatoms. The molecule has 1 unspecified atom stereocenters. The van der Waals surface area contributed by atoms with Crippen LogP contribution in [0, 0.1) is 5.92 Å². The Labute approximate surface area is 124 Å². The van der Waals surface area contributed by atoms with Gasteiger partial charge in [0, 0.05) is 6.04 Å². The first-order valence-electron chi connectivity index (χ1n) is 8.71. The Hall–Kier alpha value is -0.570. The highest BCUT2D eigenvalue weighted by molar-refractivity contribution is 5.70. The summed E-state index contributed by atoms with van der Waals surface area (Å²) < 4.78 is 5.22. The Kier molecular flexibility index (Phi) is 6.85. The minimum absolute atomic E-state index is 0.00678. The molecule has 0 aromatic carbocycles. The van der Waals surface area contributed by atoms with Crippen LogP contribution in [0.25, 0.3) is 0 Å². The minimum atomic E-state index is 0.00678. The molecule has 0 aromatic rings. The highest BCUT2D eigenvalue weighted by Crippen LogP contribution is 2.31. The van der Waals surface area contributed by atoms with E-state index in [1.165, 1.54) is 70.9 Å². The minimum Gasteiger partial charge on any atom is -0.466 e. The number of piperidine rings is 1. The molecular weight excluding hydrogens is 250 g/mol. The largest absolute Gasteiger partial charge is 0.466 e. The lowest BCUT2D eigenvalue weighted by Gasteiger charge is -2.38. The van der Waals surface area contributed by atoms with E-state index in [2.05, 4.69) is 4.90 Å². The van der Waals surface area contributed by atoms with Gasteiger partial charge in [-0.3, -0.25) is 9.69 Å². The molecule has 0 aromatic heterocycles. The van der Waals surface area contributed by atoms with Gasteiger partial charge in [-0.2, -0.15) is 0 Å². The Morgan fingerprint density at radius 3 is 2.25 bits per heavy atom. The number of likely N-dealkylation sites (tertiary alicyclic amines) is 1. The van der Waals surface area contributed by atoms with Crippen molar-refractivity contribution in [3.63, 3.8) is 0 Å². The number of carbonyl (C=O) groups excluding carboxylic acids is 1. The lowest BCUT2D eigenvalue weighted by molar-refractivity contribution is -0.145. The molecule has 1 atom stereocenters. The summed E-state index contributed by atoms with van der Waals surface area (Å²) in [6, 6.07) is 0.437. The molecule has 3 nitrogen and oxygen atoms in total. The normalized spacial score (nSPS) is 24.1. The molecule has 1 aliphatic heterocycles. The molecule has 2 rings (SSSR count). The number of esters is 1. The second kappa shape index (κ2) is 8.66. The standard InChI is InChI=1S/C17H31NO2/c1-2-20-17(19)14-16(18-12-8-5-9-13-18)15-10-6-3-4-7-11-15/h15-16H,2-14H2,1H3. The zero-order valence-electron chi connectivity index (χ0n) is 13.1. The third-order valence-corrected chi connectivity index (χ3v) is 4.98. The summed E-state index contributed by atoms with van der Waals surface area (Å²) in [6.07, 6.45) is 12.6. The highest BCUT2D eigenvalue weighted by Gasteiger charge is 2.31. The molecule has 1 aliphatic carbocycles. The first-order chi connectivity index (χ1) is 9.81. The van der Waals surface area contributed by atoms with Crippen LogP contribution >= 0.6 is 0 Å². The molecule has 1 heterocycles. The second-order valence-electron chi connectivity index (χ2n) is 6.42. The molecule has 0 spiro atoms. The van der Waals surface area contributed by atoms with Crippen molar-refractivity contribution in [3.8, 4) is 0 Å². The van der Waals surface area contributed by atoms with E-state index in [1.54, 1.807) is 0 Å². The van der Waals surface area contributed by atoms with Crippen molar-refractivity contribution in [2.24, 2.45) is 5.92 Å². The van der Waals surface area contributed by atoms with Crippen LogP contribution in [0.5, 0.6) is 0 Å². The molecule has 1 saturated heterocycles. The van der Waals surface area contributed by atoms with Crippen molar-refractivity contribution < 1.29 is 9.53 Å². The predicted octanol–water partition coefficient (Wildman–Crippen LogP) is 3.76. The van der Waals surface area contributed by atoms with Crippen LogP contribution < -0.4 is 0 Å². The topological polar surface area (TPSA) is 29.5 Å². The molecule has 2 fully saturated rings. The predicted molar refractivity (Wildman–Crippen MR) is 81.7 cm³/mol. The van der Waals surface area contributed by atoms with Crippen LogP contribution in [0.3, 0.4) is 0 Å². The Balaban J connectivity index is 1.98. The first kappa shape index (κ1) is 15.8. The maximum Gasteiger partial charge on any atom is 0.307 e. The summed E-state index contributed by atoms with van der Waals surface area (Å²) in [5.74, 6) is 0.715. The van der Waals surface area contributed by atoms with Crippen LogP contribution in [-0.2, 0) is 9.53 Å². The molecular formula is C17H31NO2. The van der Waals surface area contributed by atoms with Gasteiger partial charge in [-0.05, 0) is 51.6 Å². The van der Waals surface area contributed by atoms with E-state index in [-0.39, 0.29) is 5.97 Å². The third kappa shape index (κ3) is 4.76. The van der Waals surface area contributed by atoms with E-state index < -0.39 is 0 Å². The molecule has 1 saturated carbocycles. The fourth-order valence-corrected chi connectivity index (χ4v) is 3.93. The molecule has 0 N–H and O–H groups in total. The first-order valence-corrected chi connectivity index (χ1v) is 8.71. The number of hydrogen-bond acceptors (Lipinski definition) is 3. The fourth-order valence-electron chi connectivity index (χ4n) is 3.93. The van der Waals surface area contributed by atoms with Crippen LogP contribution in [0.2, 0.25) is 0 Å². The SMILES string of the molecule is CCOC(=O)CC(C1CCCCCC1)N1CCCCC1. The van der Waals surface area contributed by atoms with Crippen molar-refractivity contribution in [1.82, 2.24) is 4.90 Å². The van der Waals surface area contributed by atoms with Gasteiger partial charge >= 0.3 is 5.97 Å². The van der Waals surface area contributed by atoms with Gasteiger partial charge < -0.3 is 4.74 Å². The Morgan fingerprint density at radius 1 is 1.05 bits per heavy atom.